The minimum atomic E-state index is -1.69. The van der Waals surface area contributed by atoms with E-state index in [-0.39, 0.29) is 36.7 Å². The van der Waals surface area contributed by atoms with Gasteiger partial charge in [-0.2, -0.15) is 5.10 Å². The molecule has 2 aromatic rings. The minimum absolute atomic E-state index is 0.0129. The van der Waals surface area contributed by atoms with Crippen molar-refractivity contribution in [2.45, 2.75) is 16.1 Å². The molecule has 12 heteroatoms. The molecule has 2 heterocycles. The molecule has 1 aliphatic rings. The lowest BCUT2D eigenvalue weighted by Gasteiger charge is -2.29. The molecule has 1 saturated heterocycles. The van der Waals surface area contributed by atoms with Crippen molar-refractivity contribution in [3.05, 3.63) is 47.0 Å². The van der Waals surface area contributed by atoms with Crippen LogP contribution in [0.4, 0.5) is 20.4 Å². The van der Waals surface area contributed by atoms with E-state index in [0.29, 0.717) is 5.02 Å². The Morgan fingerprint density at radius 1 is 1.47 bits per heavy atom. The Morgan fingerprint density at radius 3 is 2.90 bits per heavy atom. The van der Waals surface area contributed by atoms with Gasteiger partial charge in [-0.1, -0.05) is 11.6 Å². The normalized spacial score (nSPS) is 21.1. The summed E-state index contributed by atoms with van der Waals surface area (Å²) in [6, 6.07) is 2.77. The van der Waals surface area contributed by atoms with E-state index in [1.165, 1.54) is 35.6 Å². The molecular formula is C18H17ClF2IN7O. The zero-order chi connectivity index (χ0) is 21.7. The topological polar surface area (TPSA) is 106 Å². The van der Waals surface area contributed by atoms with Gasteiger partial charge in [-0.25, -0.2) is 18.7 Å². The number of benzene rings is 1. The lowest BCUT2D eigenvalue weighted by Crippen LogP contribution is -2.46. The van der Waals surface area contributed by atoms with E-state index in [1.54, 1.807) is 22.6 Å². The lowest BCUT2D eigenvalue weighted by molar-refractivity contribution is 0.0709. The monoisotopic (exact) mass is 547 g/mol. The van der Waals surface area contributed by atoms with Gasteiger partial charge in [0, 0.05) is 25.7 Å². The summed E-state index contributed by atoms with van der Waals surface area (Å²) in [4.78, 5) is 22.6. The number of alkyl halides is 2. The van der Waals surface area contributed by atoms with Gasteiger partial charge in [0.15, 0.2) is 3.68 Å². The van der Waals surface area contributed by atoms with E-state index in [1.807, 2.05) is 0 Å². The summed E-state index contributed by atoms with van der Waals surface area (Å²) in [6.45, 7) is 0.211. The molecule has 1 aliphatic heterocycles. The Hall–Kier alpha value is -2.41. The summed E-state index contributed by atoms with van der Waals surface area (Å²) in [5, 5.41) is 14.0. The maximum atomic E-state index is 15.1. The number of hydrogen-bond acceptors (Lipinski definition) is 7. The van der Waals surface area contributed by atoms with Gasteiger partial charge in [0.05, 0.1) is 40.9 Å². The second kappa shape index (κ2) is 9.60. The van der Waals surface area contributed by atoms with Gasteiger partial charge >= 0.3 is 0 Å². The van der Waals surface area contributed by atoms with Gasteiger partial charge in [0.2, 0.25) is 5.95 Å². The number of halogens is 4. The summed E-state index contributed by atoms with van der Waals surface area (Å²) >= 11 is 7.45. The van der Waals surface area contributed by atoms with Gasteiger partial charge in [-0.05, 0) is 40.8 Å². The Labute approximate surface area is 189 Å². The van der Waals surface area contributed by atoms with Crippen LogP contribution >= 0.6 is 34.2 Å². The number of amides is 1. The third kappa shape index (κ3) is 5.19. The fourth-order valence-electron chi connectivity index (χ4n) is 3.00. The molecule has 0 radical (unpaired) electrons. The van der Waals surface area contributed by atoms with Crippen molar-refractivity contribution in [2.24, 2.45) is 5.10 Å². The predicted octanol–water partition coefficient (Wildman–Crippen LogP) is 3.74. The third-order valence-electron chi connectivity index (χ3n) is 4.43. The number of nitrogens with zero attached hydrogens (tertiary/aromatic N) is 4. The largest absolute Gasteiger partial charge is 0.352 e. The van der Waals surface area contributed by atoms with E-state index in [2.05, 4.69) is 25.8 Å². The molecule has 30 heavy (non-hydrogen) atoms. The lowest BCUT2D eigenvalue weighted by atomic mass is 10.1. The van der Waals surface area contributed by atoms with Crippen molar-refractivity contribution in [3.8, 4) is 0 Å². The van der Waals surface area contributed by atoms with E-state index in [4.69, 9.17) is 17.0 Å². The molecule has 2 unspecified atom stereocenters. The van der Waals surface area contributed by atoms with Crippen LogP contribution in [0, 0.1) is 11.2 Å². The standard InChI is InChI=1S/C18H17ClF2IN7O/c19-11-8-24-17(25-9-11)26-10-15-18(21,22)3-6-29(15)16(30)13-7-12(20)1-2-14(13)28-27-5-4-23/h1-2,4-5,7-9,15,23,28H,3,6,10H2,(H,24,25,26)/b23-4?,27-5-. The summed E-state index contributed by atoms with van der Waals surface area (Å²) in [6.07, 6.45) is 5.05. The molecule has 0 bridgehead atoms. The van der Waals surface area contributed by atoms with Crippen LogP contribution < -0.4 is 10.7 Å². The number of hydrogen-bond donors (Lipinski definition) is 3. The molecule has 1 amide bonds. The highest BCUT2D eigenvalue weighted by Gasteiger charge is 2.48. The van der Waals surface area contributed by atoms with E-state index in [9.17, 15) is 9.18 Å². The van der Waals surface area contributed by atoms with Gasteiger partial charge in [-0.15, -0.1) is 0 Å². The van der Waals surface area contributed by atoms with Crippen LogP contribution in [-0.4, -0.2) is 56.0 Å². The first kappa shape index (κ1) is 22.3. The van der Waals surface area contributed by atoms with Crippen molar-refractivity contribution in [1.82, 2.24) is 14.9 Å². The van der Waals surface area contributed by atoms with E-state index < -0.39 is 21.4 Å². The van der Waals surface area contributed by atoms with Crippen molar-refractivity contribution in [3.63, 3.8) is 0 Å². The molecule has 0 spiro atoms. The number of rotatable bonds is 7. The fraction of sp³-hybridized carbons (Fsp3) is 0.278. The molecule has 2 atom stereocenters. The van der Waals surface area contributed by atoms with Crippen LogP contribution in [0.2, 0.25) is 5.02 Å². The van der Waals surface area contributed by atoms with Crippen molar-refractivity contribution < 1.29 is 13.6 Å². The van der Waals surface area contributed by atoms with E-state index >= 15 is 4.39 Å². The minimum Gasteiger partial charge on any atom is -0.352 e. The molecule has 1 aromatic heterocycles. The van der Waals surface area contributed by atoms with Crippen LogP contribution in [0.25, 0.3) is 0 Å². The first-order valence-corrected chi connectivity index (χ1v) is 10.3. The van der Waals surface area contributed by atoms with Crippen molar-refractivity contribution in [2.75, 3.05) is 23.8 Å². The van der Waals surface area contributed by atoms with Crippen LogP contribution in [0.1, 0.15) is 16.8 Å². The van der Waals surface area contributed by atoms with Gasteiger partial charge < -0.3 is 15.6 Å². The Bertz CT molecular complexity index is 958. The molecule has 1 aromatic carbocycles. The second-order valence-electron chi connectivity index (χ2n) is 6.38. The van der Waals surface area contributed by atoms with Crippen LogP contribution in [0.15, 0.2) is 35.7 Å². The molecule has 0 aliphatic carbocycles. The highest BCUT2D eigenvalue weighted by Crippen LogP contribution is 2.39. The summed E-state index contributed by atoms with van der Waals surface area (Å²) in [5.74, 6) is -0.897. The van der Waals surface area contributed by atoms with Crippen molar-refractivity contribution in [1.29, 1.82) is 5.41 Å². The quantitative estimate of drug-likeness (QED) is 0.212. The maximum Gasteiger partial charge on any atom is 0.256 e. The molecule has 8 nitrogen and oxygen atoms in total. The number of anilines is 2. The first-order chi connectivity index (χ1) is 14.3. The molecular weight excluding hydrogens is 531 g/mol. The van der Waals surface area contributed by atoms with Crippen molar-refractivity contribution >= 4 is 64.2 Å². The zero-order valence-corrected chi connectivity index (χ0v) is 18.4. The zero-order valence-electron chi connectivity index (χ0n) is 15.4. The summed E-state index contributed by atoms with van der Waals surface area (Å²) in [7, 11) is 0. The number of carbonyl (C=O) groups excluding carboxylic acids is 1. The Kier molecular flexibility index (Phi) is 7.13. The molecule has 3 N–H and O–H groups in total. The number of hydrazone groups is 1. The summed E-state index contributed by atoms with van der Waals surface area (Å²) in [5.41, 5.74) is 2.86. The smallest absolute Gasteiger partial charge is 0.256 e. The number of likely N-dealkylation sites (tertiary alicyclic amines) is 1. The summed E-state index contributed by atoms with van der Waals surface area (Å²) < 4.78 is 27.3. The molecule has 3 rings (SSSR count). The van der Waals surface area contributed by atoms with Crippen LogP contribution in [0.5, 0.6) is 0 Å². The maximum absolute atomic E-state index is 15.1. The number of carbonyl (C=O) groups is 1. The Morgan fingerprint density at radius 2 is 2.20 bits per heavy atom. The number of nitrogens with one attached hydrogen (secondary N) is 3. The highest BCUT2D eigenvalue weighted by atomic mass is 127. The molecule has 1 fully saturated rings. The molecule has 0 saturated carbocycles. The average molecular weight is 548 g/mol. The van der Waals surface area contributed by atoms with Gasteiger partial charge in [-0.3, -0.25) is 10.2 Å². The fourth-order valence-corrected chi connectivity index (χ4v) is 3.90. The van der Waals surface area contributed by atoms with Gasteiger partial charge in [0.25, 0.3) is 5.91 Å². The molecule has 158 valence electrons. The second-order valence-corrected chi connectivity index (χ2v) is 8.61. The average Bonchev–Trinajstić information content (AvgIpc) is 3.02. The SMILES string of the molecule is N=C/C=N\Nc1ccc(F)cc1C(=O)N1CCC(F)(I)C1CNc1ncc(Cl)cn1. The Balaban J connectivity index is 1.83. The van der Waals surface area contributed by atoms with Crippen LogP contribution in [0.3, 0.4) is 0 Å². The highest BCUT2D eigenvalue weighted by molar-refractivity contribution is 14.1. The number of aromatic nitrogens is 2. The van der Waals surface area contributed by atoms with Crippen LogP contribution in [-0.2, 0) is 0 Å². The van der Waals surface area contributed by atoms with Gasteiger partial charge in [0.1, 0.15) is 5.82 Å². The van der Waals surface area contributed by atoms with E-state index in [0.717, 1.165) is 12.3 Å². The first-order valence-electron chi connectivity index (χ1n) is 8.79. The predicted molar refractivity (Wildman–Crippen MR) is 120 cm³/mol. The third-order valence-corrected chi connectivity index (χ3v) is 5.88.